The van der Waals surface area contributed by atoms with Gasteiger partial charge in [0, 0.05) is 66.8 Å². The lowest BCUT2D eigenvalue weighted by molar-refractivity contribution is 0.475. The van der Waals surface area contributed by atoms with Gasteiger partial charge in [-0.2, -0.15) is 0 Å². The van der Waals surface area contributed by atoms with Crippen molar-refractivity contribution in [2.45, 2.75) is 0 Å². The second-order valence-electron chi connectivity index (χ2n) is 11.4. The Balaban J connectivity index is 1.92. The third kappa shape index (κ3) is 5.02. The van der Waals surface area contributed by atoms with Crippen molar-refractivity contribution in [3.8, 4) is 101 Å². The number of phenolic OH excluding ortho intramolecular Hbond substituents is 6. The highest BCUT2D eigenvalue weighted by Gasteiger charge is 2.33. The summed E-state index contributed by atoms with van der Waals surface area (Å²) in [6, 6.07) is 40.5. The fraction of sp³-hybridized carbons (Fsp3) is 0. The molecule has 0 unspecified atom stereocenters. The van der Waals surface area contributed by atoms with Crippen LogP contribution in [0.2, 0.25) is 0 Å². The standard InChI is InChI=1S/C42H30O6/c43-31-19-7-1-13-25(31)37-38(26-14-2-8-20-32(26)44)40(28-16-4-10-22-34(28)46)42(30-18-6-12-24-36(30)48)41(29-17-5-11-23-35(29)47)39(37)27-15-3-9-21-33(27)45/h1-24,43-48H. The molecule has 0 fully saturated rings. The largest absolute Gasteiger partial charge is 0.507 e. The summed E-state index contributed by atoms with van der Waals surface area (Å²) in [5, 5.41) is 69.3. The van der Waals surface area contributed by atoms with Gasteiger partial charge in [0.25, 0.3) is 0 Å². The van der Waals surface area contributed by atoms with Crippen LogP contribution in [0.25, 0.3) is 66.8 Å². The summed E-state index contributed by atoms with van der Waals surface area (Å²) in [6.07, 6.45) is 0. The van der Waals surface area contributed by atoms with Crippen molar-refractivity contribution in [3.05, 3.63) is 146 Å². The van der Waals surface area contributed by atoms with E-state index in [0.717, 1.165) is 0 Å². The first-order valence-electron chi connectivity index (χ1n) is 15.3. The van der Waals surface area contributed by atoms with Crippen LogP contribution in [-0.2, 0) is 0 Å². The summed E-state index contributed by atoms with van der Waals surface area (Å²) >= 11 is 0. The maximum Gasteiger partial charge on any atom is 0.123 e. The Kier molecular flexibility index (Phi) is 7.67. The van der Waals surface area contributed by atoms with Crippen LogP contribution < -0.4 is 0 Å². The zero-order chi connectivity index (χ0) is 33.4. The lowest BCUT2D eigenvalue weighted by atomic mass is 9.73. The number of benzene rings is 7. The van der Waals surface area contributed by atoms with E-state index in [9.17, 15) is 30.6 Å². The Labute approximate surface area is 277 Å². The minimum Gasteiger partial charge on any atom is -0.507 e. The van der Waals surface area contributed by atoms with Crippen molar-refractivity contribution in [3.63, 3.8) is 0 Å². The number of hydrogen-bond donors (Lipinski definition) is 6. The number of aromatic hydroxyl groups is 6. The molecule has 6 N–H and O–H groups in total. The SMILES string of the molecule is Oc1ccccc1-c1c(-c2ccccc2O)c(-c2ccccc2O)c(-c2ccccc2O)c(-c2ccccc2O)c1-c1ccccc1O. The number of para-hydroxylation sites is 6. The van der Waals surface area contributed by atoms with E-state index in [1.54, 1.807) is 146 Å². The Morgan fingerprint density at radius 2 is 0.312 bits per heavy atom. The zero-order valence-electron chi connectivity index (χ0n) is 25.5. The minimum absolute atomic E-state index is 0.0763. The van der Waals surface area contributed by atoms with Gasteiger partial charge < -0.3 is 30.6 Å². The van der Waals surface area contributed by atoms with Gasteiger partial charge in [0.15, 0.2) is 0 Å². The molecule has 234 valence electrons. The molecule has 0 radical (unpaired) electrons. The molecule has 6 nitrogen and oxygen atoms in total. The number of hydrogen-bond acceptors (Lipinski definition) is 6. The highest BCUT2D eigenvalue weighted by atomic mass is 16.3. The molecule has 0 saturated heterocycles. The van der Waals surface area contributed by atoms with E-state index < -0.39 is 0 Å². The predicted octanol–water partition coefficient (Wildman–Crippen LogP) is 9.92. The zero-order valence-corrected chi connectivity index (χ0v) is 25.5. The van der Waals surface area contributed by atoms with Gasteiger partial charge in [-0.25, -0.2) is 0 Å². The van der Waals surface area contributed by atoms with Crippen LogP contribution in [-0.4, -0.2) is 30.6 Å². The molecule has 0 aromatic heterocycles. The Morgan fingerprint density at radius 3 is 0.438 bits per heavy atom. The van der Waals surface area contributed by atoms with Crippen LogP contribution >= 0.6 is 0 Å². The van der Waals surface area contributed by atoms with Gasteiger partial charge in [-0.1, -0.05) is 109 Å². The van der Waals surface area contributed by atoms with Gasteiger partial charge in [0.1, 0.15) is 34.5 Å². The molecule has 0 saturated carbocycles. The van der Waals surface area contributed by atoms with E-state index in [-0.39, 0.29) is 34.5 Å². The van der Waals surface area contributed by atoms with E-state index in [0.29, 0.717) is 66.8 Å². The van der Waals surface area contributed by atoms with Crippen LogP contribution in [0.15, 0.2) is 146 Å². The molecular weight excluding hydrogens is 600 g/mol. The molecule has 0 aliphatic heterocycles. The first kappa shape index (κ1) is 30.0. The molecule has 7 rings (SSSR count). The molecule has 7 aromatic carbocycles. The third-order valence-corrected chi connectivity index (χ3v) is 8.54. The van der Waals surface area contributed by atoms with Gasteiger partial charge in [-0.3, -0.25) is 0 Å². The molecule has 0 spiro atoms. The average molecular weight is 631 g/mol. The quantitative estimate of drug-likeness (QED) is 0.109. The van der Waals surface area contributed by atoms with Crippen LogP contribution in [0.5, 0.6) is 34.5 Å². The molecule has 0 amide bonds. The normalized spacial score (nSPS) is 11.0. The Bertz CT molecular complexity index is 1880. The van der Waals surface area contributed by atoms with Crippen molar-refractivity contribution in [2.75, 3.05) is 0 Å². The second-order valence-corrected chi connectivity index (χ2v) is 11.4. The Morgan fingerprint density at radius 1 is 0.188 bits per heavy atom. The highest BCUT2D eigenvalue weighted by molar-refractivity contribution is 6.17. The van der Waals surface area contributed by atoms with Gasteiger partial charge in [-0.05, 0) is 36.4 Å². The molecule has 7 aromatic rings. The summed E-state index contributed by atoms with van der Waals surface area (Å²) < 4.78 is 0. The molecule has 0 bridgehead atoms. The highest BCUT2D eigenvalue weighted by Crippen LogP contribution is 2.60. The van der Waals surface area contributed by atoms with Crippen molar-refractivity contribution in [1.82, 2.24) is 0 Å². The summed E-state index contributed by atoms with van der Waals surface area (Å²) in [4.78, 5) is 0. The average Bonchev–Trinajstić information content (AvgIpc) is 3.09. The van der Waals surface area contributed by atoms with Gasteiger partial charge in [0.05, 0.1) is 0 Å². The minimum atomic E-state index is -0.0763. The monoisotopic (exact) mass is 630 g/mol. The van der Waals surface area contributed by atoms with Gasteiger partial charge in [-0.15, -0.1) is 0 Å². The maximum absolute atomic E-state index is 11.5. The lowest BCUT2D eigenvalue weighted by Crippen LogP contribution is -2.03. The summed E-state index contributed by atoms with van der Waals surface area (Å²) in [5.74, 6) is -0.458. The number of phenols is 6. The molecule has 0 atom stereocenters. The van der Waals surface area contributed by atoms with Crippen molar-refractivity contribution >= 4 is 0 Å². The van der Waals surface area contributed by atoms with Crippen molar-refractivity contribution in [2.24, 2.45) is 0 Å². The van der Waals surface area contributed by atoms with E-state index >= 15 is 0 Å². The lowest BCUT2D eigenvalue weighted by Gasteiger charge is -2.29. The van der Waals surface area contributed by atoms with E-state index in [1.807, 2.05) is 0 Å². The first-order chi connectivity index (χ1) is 23.4. The van der Waals surface area contributed by atoms with E-state index in [2.05, 4.69) is 0 Å². The molecule has 0 aliphatic rings. The van der Waals surface area contributed by atoms with Crippen molar-refractivity contribution < 1.29 is 30.6 Å². The molecular formula is C42H30O6. The van der Waals surface area contributed by atoms with Crippen LogP contribution in [0.3, 0.4) is 0 Å². The Hall–Kier alpha value is -6.66. The van der Waals surface area contributed by atoms with E-state index in [1.165, 1.54) is 0 Å². The van der Waals surface area contributed by atoms with Gasteiger partial charge >= 0.3 is 0 Å². The third-order valence-electron chi connectivity index (χ3n) is 8.54. The fourth-order valence-corrected chi connectivity index (χ4v) is 6.48. The number of rotatable bonds is 6. The first-order valence-corrected chi connectivity index (χ1v) is 15.3. The van der Waals surface area contributed by atoms with Gasteiger partial charge in [0.2, 0.25) is 0 Å². The van der Waals surface area contributed by atoms with Crippen molar-refractivity contribution in [1.29, 1.82) is 0 Å². The topological polar surface area (TPSA) is 121 Å². The smallest absolute Gasteiger partial charge is 0.123 e. The molecule has 0 heterocycles. The van der Waals surface area contributed by atoms with Crippen LogP contribution in [0, 0.1) is 0 Å². The summed E-state index contributed by atoms with van der Waals surface area (Å²) in [5.41, 5.74) is 4.66. The summed E-state index contributed by atoms with van der Waals surface area (Å²) in [6.45, 7) is 0. The second kappa shape index (κ2) is 12.3. The molecule has 0 aliphatic carbocycles. The molecule has 6 heteroatoms. The molecule has 48 heavy (non-hydrogen) atoms. The maximum atomic E-state index is 11.5. The summed E-state index contributed by atoms with van der Waals surface area (Å²) in [7, 11) is 0. The van der Waals surface area contributed by atoms with Crippen LogP contribution in [0.1, 0.15) is 0 Å². The van der Waals surface area contributed by atoms with E-state index in [4.69, 9.17) is 0 Å². The fourth-order valence-electron chi connectivity index (χ4n) is 6.48. The predicted molar refractivity (Wildman–Crippen MR) is 189 cm³/mol. The van der Waals surface area contributed by atoms with Crippen LogP contribution in [0.4, 0.5) is 0 Å².